The highest BCUT2D eigenvalue weighted by atomic mass is 32.2. The minimum Gasteiger partial charge on any atom is -0.497 e. The van der Waals surface area contributed by atoms with E-state index in [1.54, 1.807) is 7.11 Å². The highest BCUT2D eigenvalue weighted by Gasteiger charge is 2.21. The van der Waals surface area contributed by atoms with Gasteiger partial charge >= 0.3 is 0 Å². The molecule has 0 aliphatic carbocycles. The summed E-state index contributed by atoms with van der Waals surface area (Å²) in [6, 6.07) is 12.5. The molecule has 2 aromatic carbocycles. The number of sulfonamides is 1. The topological polar surface area (TPSA) is 55.4 Å². The minimum atomic E-state index is -3.56. The lowest BCUT2D eigenvalue weighted by Crippen LogP contribution is -2.30. The van der Waals surface area contributed by atoms with E-state index in [4.69, 9.17) is 4.74 Å². The maximum absolute atomic E-state index is 13.0. The van der Waals surface area contributed by atoms with Crippen molar-refractivity contribution in [2.45, 2.75) is 32.1 Å². The van der Waals surface area contributed by atoms with E-state index < -0.39 is 10.0 Å². The van der Waals surface area contributed by atoms with Crippen LogP contribution in [0.4, 0.5) is 4.39 Å². The Hall–Kier alpha value is -1.92. The Balaban J connectivity index is 2.17. The van der Waals surface area contributed by atoms with E-state index in [1.165, 1.54) is 24.3 Å². The predicted octanol–water partition coefficient (Wildman–Crippen LogP) is 4.04. The Morgan fingerprint density at radius 3 is 2.16 bits per heavy atom. The normalized spacial score (nSPS) is 13.0. The van der Waals surface area contributed by atoms with Crippen LogP contribution in [0.1, 0.15) is 37.4 Å². The van der Waals surface area contributed by atoms with E-state index in [1.807, 2.05) is 38.1 Å². The smallest absolute Gasteiger partial charge is 0.216 e. The van der Waals surface area contributed by atoms with E-state index in [0.29, 0.717) is 17.9 Å². The second-order valence-electron chi connectivity index (χ2n) is 6.46. The molecule has 0 aliphatic rings. The summed E-state index contributed by atoms with van der Waals surface area (Å²) in [5.41, 5.74) is 1.43. The van der Waals surface area contributed by atoms with Gasteiger partial charge in [0.2, 0.25) is 10.0 Å². The average Bonchev–Trinajstić information content (AvgIpc) is 2.55. The fraction of sp³-hybridized carbons (Fsp3) is 0.368. The second-order valence-corrected chi connectivity index (χ2v) is 8.21. The number of nitrogens with one attached hydrogen (secondary N) is 1. The molecule has 1 atom stereocenters. The lowest BCUT2D eigenvalue weighted by molar-refractivity contribution is 0.414. The summed E-state index contributed by atoms with van der Waals surface area (Å²) >= 11 is 0. The quantitative estimate of drug-likeness (QED) is 0.768. The van der Waals surface area contributed by atoms with Gasteiger partial charge in [-0.25, -0.2) is 17.5 Å². The molecule has 0 radical (unpaired) electrons. The van der Waals surface area contributed by atoms with Crippen molar-refractivity contribution in [2.24, 2.45) is 5.92 Å². The molecule has 0 aromatic heterocycles. The summed E-state index contributed by atoms with van der Waals surface area (Å²) in [7, 11) is -1.97. The number of benzene rings is 2. The molecule has 25 heavy (non-hydrogen) atoms. The van der Waals surface area contributed by atoms with Crippen LogP contribution in [-0.2, 0) is 15.8 Å². The third-order valence-electron chi connectivity index (χ3n) is 3.82. The van der Waals surface area contributed by atoms with Gasteiger partial charge in [-0.3, -0.25) is 0 Å². The van der Waals surface area contributed by atoms with Crippen LogP contribution in [0, 0.1) is 11.7 Å². The van der Waals surface area contributed by atoms with Gasteiger partial charge in [-0.2, -0.15) is 0 Å². The summed E-state index contributed by atoms with van der Waals surface area (Å²) in [5, 5.41) is 0. The van der Waals surface area contributed by atoms with Crippen molar-refractivity contribution in [3.05, 3.63) is 65.5 Å². The first-order chi connectivity index (χ1) is 11.8. The number of hydrogen-bond donors (Lipinski definition) is 1. The lowest BCUT2D eigenvalue weighted by atomic mass is 9.98. The summed E-state index contributed by atoms with van der Waals surface area (Å²) in [4.78, 5) is 0. The summed E-state index contributed by atoms with van der Waals surface area (Å²) < 4.78 is 46.0. The molecule has 2 rings (SSSR count). The number of ether oxygens (including phenoxy) is 1. The Morgan fingerprint density at radius 1 is 1.04 bits per heavy atom. The monoisotopic (exact) mass is 365 g/mol. The zero-order chi connectivity index (χ0) is 18.4. The van der Waals surface area contributed by atoms with Gasteiger partial charge in [0.05, 0.1) is 12.9 Å². The van der Waals surface area contributed by atoms with Crippen molar-refractivity contribution in [3.8, 4) is 5.75 Å². The molecule has 0 fully saturated rings. The van der Waals surface area contributed by atoms with Crippen molar-refractivity contribution in [1.29, 1.82) is 0 Å². The van der Waals surface area contributed by atoms with Crippen molar-refractivity contribution < 1.29 is 17.5 Å². The number of halogens is 1. The molecule has 0 aliphatic heterocycles. The standard InChI is InChI=1S/C19H24FNO3S/c1-14(2)12-19(16-6-10-18(24-3)11-7-16)21-25(22,23)13-15-4-8-17(20)9-5-15/h4-11,14,19,21H,12-13H2,1-3H3. The zero-order valence-corrected chi connectivity index (χ0v) is 15.5. The molecule has 0 saturated carbocycles. The molecular weight excluding hydrogens is 341 g/mol. The molecular formula is C19H24FNO3S. The van der Waals surface area contributed by atoms with Gasteiger partial charge in [0.1, 0.15) is 11.6 Å². The molecule has 6 heteroatoms. The predicted molar refractivity (Wildman–Crippen MR) is 97.3 cm³/mol. The van der Waals surface area contributed by atoms with Crippen molar-refractivity contribution >= 4 is 10.0 Å². The molecule has 136 valence electrons. The van der Waals surface area contributed by atoms with Crippen LogP contribution in [0.5, 0.6) is 5.75 Å². The van der Waals surface area contributed by atoms with Gasteiger partial charge in [0.25, 0.3) is 0 Å². The Morgan fingerprint density at radius 2 is 1.64 bits per heavy atom. The van der Waals surface area contributed by atoms with Crippen LogP contribution in [0.15, 0.2) is 48.5 Å². The average molecular weight is 365 g/mol. The first-order valence-corrected chi connectivity index (χ1v) is 9.82. The third kappa shape index (κ3) is 6.14. The van der Waals surface area contributed by atoms with Gasteiger partial charge in [-0.05, 0) is 47.7 Å². The Kier molecular flexibility index (Phi) is 6.56. The second kappa shape index (κ2) is 8.45. The fourth-order valence-corrected chi connectivity index (χ4v) is 4.00. The third-order valence-corrected chi connectivity index (χ3v) is 5.17. The number of rotatable bonds is 8. The van der Waals surface area contributed by atoms with E-state index >= 15 is 0 Å². The van der Waals surface area contributed by atoms with Gasteiger partial charge < -0.3 is 4.74 Å². The van der Waals surface area contributed by atoms with Crippen LogP contribution in [0.2, 0.25) is 0 Å². The number of methoxy groups -OCH3 is 1. The van der Waals surface area contributed by atoms with Gasteiger partial charge in [0.15, 0.2) is 0 Å². The largest absolute Gasteiger partial charge is 0.497 e. The number of hydrogen-bond acceptors (Lipinski definition) is 3. The van der Waals surface area contributed by atoms with Gasteiger partial charge in [0, 0.05) is 6.04 Å². The molecule has 0 bridgehead atoms. The van der Waals surface area contributed by atoms with E-state index in [0.717, 1.165) is 11.3 Å². The Bertz CT molecular complexity index is 771. The molecule has 1 unspecified atom stereocenters. The fourth-order valence-electron chi connectivity index (χ4n) is 2.62. The first-order valence-electron chi connectivity index (χ1n) is 8.17. The zero-order valence-electron chi connectivity index (χ0n) is 14.7. The molecule has 1 N–H and O–H groups in total. The minimum absolute atomic E-state index is 0.183. The van der Waals surface area contributed by atoms with Gasteiger partial charge in [-0.15, -0.1) is 0 Å². The molecule has 0 heterocycles. The maximum Gasteiger partial charge on any atom is 0.216 e. The van der Waals surface area contributed by atoms with Crippen molar-refractivity contribution in [3.63, 3.8) is 0 Å². The van der Waals surface area contributed by atoms with Crippen molar-refractivity contribution in [1.82, 2.24) is 4.72 Å². The molecule has 0 amide bonds. The molecule has 2 aromatic rings. The maximum atomic E-state index is 13.0. The summed E-state index contributed by atoms with van der Waals surface area (Å²) in [5.74, 6) is 0.477. The van der Waals surface area contributed by atoms with Gasteiger partial charge in [-0.1, -0.05) is 38.1 Å². The van der Waals surface area contributed by atoms with E-state index in [9.17, 15) is 12.8 Å². The van der Waals surface area contributed by atoms with Crippen LogP contribution in [-0.4, -0.2) is 15.5 Å². The SMILES string of the molecule is COc1ccc(C(CC(C)C)NS(=O)(=O)Cc2ccc(F)cc2)cc1. The summed E-state index contributed by atoms with van der Waals surface area (Å²) in [6.07, 6.45) is 0.676. The molecule has 0 spiro atoms. The lowest BCUT2D eigenvalue weighted by Gasteiger charge is -2.21. The van der Waals surface area contributed by atoms with Crippen LogP contribution in [0.25, 0.3) is 0 Å². The molecule has 4 nitrogen and oxygen atoms in total. The Labute approximate surface area is 149 Å². The summed E-state index contributed by atoms with van der Waals surface area (Å²) in [6.45, 7) is 4.09. The molecule has 0 saturated heterocycles. The highest BCUT2D eigenvalue weighted by molar-refractivity contribution is 7.88. The van der Waals surface area contributed by atoms with E-state index in [-0.39, 0.29) is 17.6 Å². The van der Waals surface area contributed by atoms with E-state index in [2.05, 4.69) is 4.72 Å². The highest BCUT2D eigenvalue weighted by Crippen LogP contribution is 2.25. The van der Waals surface area contributed by atoms with Crippen LogP contribution >= 0.6 is 0 Å². The van der Waals surface area contributed by atoms with Crippen molar-refractivity contribution in [2.75, 3.05) is 7.11 Å². The van der Waals surface area contributed by atoms with Crippen LogP contribution in [0.3, 0.4) is 0 Å². The van der Waals surface area contributed by atoms with Crippen LogP contribution < -0.4 is 9.46 Å². The first kappa shape index (κ1) is 19.4.